The average molecular weight is 310 g/mol. The highest BCUT2D eigenvalue weighted by Crippen LogP contribution is 2.34. The summed E-state index contributed by atoms with van der Waals surface area (Å²) in [6.45, 7) is 6.38. The number of aromatic hydroxyl groups is 1. The van der Waals surface area contributed by atoms with E-state index in [1.54, 1.807) is 29.1 Å². The Morgan fingerprint density at radius 2 is 1.70 bits per heavy atom. The van der Waals surface area contributed by atoms with Crippen molar-refractivity contribution in [2.24, 2.45) is 0 Å². The third kappa shape index (κ3) is 2.97. The summed E-state index contributed by atoms with van der Waals surface area (Å²) >= 11 is 0. The number of rotatable bonds is 2. The molecule has 1 aromatic heterocycles. The summed E-state index contributed by atoms with van der Waals surface area (Å²) in [4.78, 5) is 0. The molecule has 4 heteroatoms. The van der Waals surface area contributed by atoms with Gasteiger partial charge in [-0.2, -0.15) is 5.10 Å². The topological polar surface area (TPSA) is 38.1 Å². The van der Waals surface area contributed by atoms with Gasteiger partial charge in [-0.1, -0.05) is 26.8 Å². The standard InChI is InChI=1S/C19H19FN2O/c1-19(2,3)13-4-9-18(23)16(12-13)17-10-11-21-22(17)15-7-5-14(20)6-8-15/h4-12,23H,1-3H3. The van der Waals surface area contributed by atoms with Crippen LogP contribution in [0.3, 0.4) is 0 Å². The molecule has 0 atom stereocenters. The number of phenols is 1. The molecule has 0 bridgehead atoms. The van der Waals surface area contributed by atoms with Gasteiger partial charge in [0.2, 0.25) is 0 Å². The fraction of sp³-hybridized carbons (Fsp3) is 0.211. The van der Waals surface area contributed by atoms with Crippen LogP contribution in [0.25, 0.3) is 16.9 Å². The normalized spacial score (nSPS) is 11.7. The number of halogens is 1. The van der Waals surface area contributed by atoms with Gasteiger partial charge in [-0.3, -0.25) is 0 Å². The van der Waals surface area contributed by atoms with Crippen LogP contribution in [0.15, 0.2) is 54.7 Å². The molecular weight excluding hydrogens is 291 g/mol. The van der Waals surface area contributed by atoms with Crippen molar-refractivity contribution in [2.75, 3.05) is 0 Å². The van der Waals surface area contributed by atoms with Crippen molar-refractivity contribution in [1.82, 2.24) is 9.78 Å². The summed E-state index contributed by atoms with van der Waals surface area (Å²) in [7, 11) is 0. The number of phenolic OH excluding ortho intramolecular Hbond substituents is 1. The maximum atomic E-state index is 13.1. The van der Waals surface area contributed by atoms with Crippen LogP contribution in [0.4, 0.5) is 4.39 Å². The summed E-state index contributed by atoms with van der Waals surface area (Å²) < 4.78 is 14.8. The average Bonchev–Trinajstić information content (AvgIpc) is 2.96. The maximum Gasteiger partial charge on any atom is 0.124 e. The quantitative estimate of drug-likeness (QED) is 0.746. The van der Waals surface area contributed by atoms with Crippen molar-refractivity contribution in [3.8, 4) is 22.7 Å². The number of hydrogen-bond acceptors (Lipinski definition) is 2. The van der Waals surface area contributed by atoms with Crippen LogP contribution in [0.1, 0.15) is 26.3 Å². The van der Waals surface area contributed by atoms with E-state index in [4.69, 9.17) is 0 Å². The highest BCUT2D eigenvalue weighted by atomic mass is 19.1. The van der Waals surface area contributed by atoms with Gasteiger partial charge in [0.05, 0.1) is 17.6 Å². The molecule has 0 aliphatic rings. The third-order valence-electron chi connectivity index (χ3n) is 3.85. The van der Waals surface area contributed by atoms with Gasteiger partial charge in [0.25, 0.3) is 0 Å². The predicted molar refractivity (Wildman–Crippen MR) is 89.3 cm³/mol. The van der Waals surface area contributed by atoms with Crippen LogP contribution in [0.2, 0.25) is 0 Å². The zero-order valence-electron chi connectivity index (χ0n) is 13.4. The van der Waals surface area contributed by atoms with Gasteiger partial charge in [-0.05, 0) is 53.4 Å². The first-order valence-corrected chi connectivity index (χ1v) is 7.50. The Morgan fingerprint density at radius 3 is 2.35 bits per heavy atom. The molecule has 3 rings (SSSR count). The summed E-state index contributed by atoms with van der Waals surface area (Å²) in [5.74, 6) is -0.0955. The van der Waals surface area contributed by atoms with Crippen molar-refractivity contribution in [2.45, 2.75) is 26.2 Å². The van der Waals surface area contributed by atoms with E-state index in [2.05, 4.69) is 25.9 Å². The number of nitrogens with zero attached hydrogens (tertiary/aromatic N) is 2. The molecule has 3 aromatic rings. The SMILES string of the molecule is CC(C)(C)c1ccc(O)c(-c2ccnn2-c2ccc(F)cc2)c1. The lowest BCUT2D eigenvalue weighted by Crippen LogP contribution is -2.11. The second kappa shape index (κ2) is 5.54. The van der Waals surface area contributed by atoms with Crippen molar-refractivity contribution in [3.63, 3.8) is 0 Å². The molecule has 0 unspecified atom stereocenters. The molecule has 2 aromatic carbocycles. The number of aromatic nitrogens is 2. The van der Waals surface area contributed by atoms with E-state index < -0.39 is 0 Å². The minimum absolute atomic E-state index is 0.0246. The zero-order valence-corrected chi connectivity index (χ0v) is 13.4. The van der Waals surface area contributed by atoms with Gasteiger partial charge in [0.15, 0.2) is 0 Å². The summed E-state index contributed by atoms with van der Waals surface area (Å²) in [5, 5.41) is 14.6. The fourth-order valence-corrected chi connectivity index (χ4v) is 2.50. The van der Waals surface area contributed by atoms with E-state index >= 15 is 0 Å². The van der Waals surface area contributed by atoms with E-state index in [0.717, 1.165) is 16.9 Å². The minimum atomic E-state index is -0.292. The highest BCUT2D eigenvalue weighted by Gasteiger charge is 2.18. The molecule has 0 aliphatic heterocycles. The molecule has 23 heavy (non-hydrogen) atoms. The summed E-state index contributed by atoms with van der Waals surface area (Å²) in [5.41, 5.74) is 3.31. The minimum Gasteiger partial charge on any atom is -0.507 e. The van der Waals surface area contributed by atoms with E-state index in [1.807, 2.05) is 18.2 Å². The Bertz CT molecular complexity index is 829. The van der Waals surface area contributed by atoms with Gasteiger partial charge in [-0.25, -0.2) is 9.07 Å². The molecule has 118 valence electrons. The summed E-state index contributed by atoms with van der Waals surface area (Å²) in [6, 6.07) is 13.6. The molecule has 1 N–H and O–H groups in total. The Balaban J connectivity index is 2.14. The molecule has 0 spiro atoms. The smallest absolute Gasteiger partial charge is 0.124 e. The lowest BCUT2D eigenvalue weighted by atomic mass is 9.85. The molecule has 0 fully saturated rings. The molecule has 0 aliphatic carbocycles. The van der Waals surface area contributed by atoms with E-state index in [0.29, 0.717) is 5.56 Å². The van der Waals surface area contributed by atoms with Crippen LogP contribution >= 0.6 is 0 Å². The Hall–Kier alpha value is -2.62. The molecule has 1 heterocycles. The Kier molecular flexibility index (Phi) is 3.68. The van der Waals surface area contributed by atoms with Crippen molar-refractivity contribution in [3.05, 3.63) is 66.1 Å². The maximum absolute atomic E-state index is 13.1. The second-order valence-corrected chi connectivity index (χ2v) is 6.59. The second-order valence-electron chi connectivity index (χ2n) is 6.59. The van der Waals surface area contributed by atoms with Gasteiger partial charge in [0.1, 0.15) is 11.6 Å². The zero-order chi connectivity index (χ0) is 16.6. The largest absolute Gasteiger partial charge is 0.507 e. The number of hydrogen-bond donors (Lipinski definition) is 1. The lowest BCUT2D eigenvalue weighted by molar-refractivity contribution is 0.475. The van der Waals surface area contributed by atoms with Gasteiger partial charge < -0.3 is 5.11 Å². The van der Waals surface area contributed by atoms with Crippen LogP contribution in [-0.2, 0) is 5.41 Å². The van der Waals surface area contributed by atoms with Gasteiger partial charge >= 0.3 is 0 Å². The molecular formula is C19H19FN2O. The first kappa shape index (κ1) is 15.3. The monoisotopic (exact) mass is 310 g/mol. The summed E-state index contributed by atoms with van der Waals surface area (Å²) in [6.07, 6.45) is 1.67. The van der Waals surface area contributed by atoms with Crippen LogP contribution in [0.5, 0.6) is 5.75 Å². The van der Waals surface area contributed by atoms with Crippen LogP contribution in [-0.4, -0.2) is 14.9 Å². The molecule has 0 saturated heterocycles. The van der Waals surface area contributed by atoms with E-state index in [-0.39, 0.29) is 17.0 Å². The van der Waals surface area contributed by atoms with Gasteiger partial charge in [-0.15, -0.1) is 0 Å². The molecule has 0 amide bonds. The molecule has 3 nitrogen and oxygen atoms in total. The first-order chi connectivity index (χ1) is 10.9. The Labute approximate surface area is 135 Å². The predicted octanol–water partition coefficient (Wildman–Crippen LogP) is 4.68. The Morgan fingerprint density at radius 1 is 1.00 bits per heavy atom. The van der Waals surface area contributed by atoms with Gasteiger partial charge in [0, 0.05) is 5.56 Å². The van der Waals surface area contributed by atoms with Crippen molar-refractivity contribution < 1.29 is 9.50 Å². The highest BCUT2D eigenvalue weighted by molar-refractivity contribution is 5.69. The first-order valence-electron chi connectivity index (χ1n) is 7.50. The van der Waals surface area contributed by atoms with Crippen molar-refractivity contribution in [1.29, 1.82) is 0 Å². The number of benzene rings is 2. The van der Waals surface area contributed by atoms with E-state index in [9.17, 15) is 9.50 Å². The molecule has 0 saturated carbocycles. The van der Waals surface area contributed by atoms with Crippen LogP contribution in [0, 0.1) is 5.82 Å². The molecule has 0 radical (unpaired) electrons. The van der Waals surface area contributed by atoms with E-state index in [1.165, 1.54) is 12.1 Å². The lowest BCUT2D eigenvalue weighted by Gasteiger charge is -2.20. The van der Waals surface area contributed by atoms with Crippen molar-refractivity contribution >= 4 is 0 Å². The fourth-order valence-electron chi connectivity index (χ4n) is 2.50. The van der Waals surface area contributed by atoms with Crippen LogP contribution < -0.4 is 0 Å². The third-order valence-corrected chi connectivity index (χ3v) is 3.85.